The number of nitrogens with two attached hydrogens (primary N) is 1. The molecule has 1 aliphatic heterocycles. The van der Waals surface area contributed by atoms with E-state index in [9.17, 15) is 13.6 Å². The number of nitrogen functional groups attached to an aromatic ring is 1. The van der Waals surface area contributed by atoms with Crippen LogP contribution in [0.25, 0.3) is 5.69 Å². The number of aromatic nitrogens is 2. The van der Waals surface area contributed by atoms with Gasteiger partial charge in [0.2, 0.25) is 0 Å². The number of rotatable bonds is 6. The maximum atomic E-state index is 14.0. The first-order valence-corrected chi connectivity index (χ1v) is 9.17. The molecule has 0 bridgehead atoms. The number of nitrogens with zero attached hydrogens (tertiary/aromatic N) is 2. The van der Waals surface area contributed by atoms with Crippen LogP contribution in [0.4, 0.5) is 14.6 Å². The van der Waals surface area contributed by atoms with Crippen molar-refractivity contribution in [2.45, 2.75) is 6.42 Å². The first-order chi connectivity index (χ1) is 14.0. The van der Waals surface area contributed by atoms with Crippen molar-refractivity contribution in [1.29, 1.82) is 0 Å². The van der Waals surface area contributed by atoms with Gasteiger partial charge in [0.1, 0.15) is 23.1 Å². The average molecular weight is 399 g/mol. The Morgan fingerprint density at radius 3 is 2.90 bits per heavy atom. The maximum absolute atomic E-state index is 14.0. The van der Waals surface area contributed by atoms with Crippen LogP contribution in [0.3, 0.4) is 0 Å². The standard InChI is InChI=1S/C21H19F2N3O3/c22-15-4-5-19(18(23)9-15)26-21(24)17(10-25-26)20(27)14-2-1-3-16(8-14)29-12-13-6-7-28-11-13/h1-5,8-10,13H,6-7,11-12,24H2. The van der Waals surface area contributed by atoms with Gasteiger partial charge in [0, 0.05) is 24.2 Å². The second-order valence-corrected chi connectivity index (χ2v) is 6.85. The Bertz CT molecular complexity index is 1050. The van der Waals surface area contributed by atoms with E-state index in [0.29, 0.717) is 30.4 Å². The summed E-state index contributed by atoms with van der Waals surface area (Å²) in [4.78, 5) is 12.9. The zero-order valence-corrected chi connectivity index (χ0v) is 15.5. The van der Waals surface area contributed by atoms with Gasteiger partial charge in [-0.15, -0.1) is 0 Å². The fraction of sp³-hybridized carbons (Fsp3) is 0.238. The molecule has 2 heterocycles. The number of ketones is 1. The molecule has 1 aromatic heterocycles. The Hall–Kier alpha value is -3.26. The number of carbonyl (C=O) groups excluding carboxylic acids is 1. The van der Waals surface area contributed by atoms with E-state index in [1.54, 1.807) is 24.3 Å². The molecule has 2 aromatic carbocycles. The summed E-state index contributed by atoms with van der Waals surface area (Å²) < 4.78 is 39.4. The molecule has 0 aliphatic carbocycles. The topological polar surface area (TPSA) is 79.4 Å². The quantitative estimate of drug-likeness (QED) is 0.643. The van der Waals surface area contributed by atoms with Crippen LogP contribution in [0, 0.1) is 17.6 Å². The van der Waals surface area contributed by atoms with Crippen LogP contribution in [-0.2, 0) is 4.74 Å². The molecule has 3 aromatic rings. The molecule has 1 unspecified atom stereocenters. The number of halogens is 2. The SMILES string of the molecule is Nc1c(C(=O)c2cccc(OCC3CCOC3)c2)cnn1-c1ccc(F)cc1F. The van der Waals surface area contributed by atoms with Gasteiger partial charge in [-0.2, -0.15) is 5.10 Å². The highest BCUT2D eigenvalue weighted by Crippen LogP contribution is 2.24. The monoisotopic (exact) mass is 399 g/mol. The van der Waals surface area contributed by atoms with Crippen molar-refractivity contribution in [2.24, 2.45) is 5.92 Å². The van der Waals surface area contributed by atoms with Crippen LogP contribution >= 0.6 is 0 Å². The number of benzene rings is 2. The Balaban J connectivity index is 1.55. The normalized spacial score (nSPS) is 16.1. The van der Waals surface area contributed by atoms with Gasteiger partial charge in [0.05, 0.1) is 25.0 Å². The van der Waals surface area contributed by atoms with Crippen molar-refractivity contribution in [3.8, 4) is 11.4 Å². The number of ether oxygens (including phenoxy) is 2. The molecule has 6 nitrogen and oxygen atoms in total. The van der Waals surface area contributed by atoms with Gasteiger partial charge in [-0.05, 0) is 30.7 Å². The predicted octanol–water partition coefficient (Wildman–Crippen LogP) is 3.38. The van der Waals surface area contributed by atoms with Gasteiger partial charge in [-0.25, -0.2) is 13.5 Å². The third kappa shape index (κ3) is 3.97. The molecule has 4 rings (SSSR count). The van der Waals surface area contributed by atoms with E-state index in [2.05, 4.69) is 5.10 Å². The summed E-state index contributed by atoms with van der Waals surface area (Å²) in [6.45, 7) is 1.93. The summed E-state index contributed by atoms with van der Waals surface area (Å²) in [5.41, 5.74) is 6.48. The van der Waals surface area contributed by atoms with E-state index in [-0.39, 0.29) is 22.9 Å². The highest BCUT2D eigenvalue weighted by Gasteiger charge is 2.20. The summed E-state index contributed by atoms with van der Waals surface area (Å²) >= 11 is 0. The van der Waals surface area contributed by atoms with Gasteiger partial charge in [-0.1, -0.05) is 12.1 Å². The van der Waals surface area contributed by atoms with Gasteiger partial charge in [0.25, 0.3) is 0 Å². The van der Waals surface area contributed by atoms with Crippen LogP contribution in [0.15, 0.2) is 48.7 Å². The van der Waals surface area contributed by atoms with E-state index in [1.165, 1.54) is 12.3 Å². The Labute approximate surface area is 165 Å². The van der Waals surface area contributed by atoms with Gasteiger partial charge < -0.3 is 15.2 Å². The fourth-order valence-electron chi connectivity index (χ4n) is 3.19. The molecule has 2 N–H and O–H groups in total. The molecule has 0 saturated carbocycles. The van der Waals surface area contributed by atoms with Crippen molar-refractivity contribution in [3.63, 3.8) is 0 Å². The number of carbonyl (C=O) groups is 1. The number of anilines is 1. The lowest BCUT2D eigenvalue weighted by atomic mass is 10.1. The summed E-state index contributed by atoms with van der Waals surface area (Å²) in [5, 5.41) is 4.00. The zero-order chi connectivity index (χ0) is 20.4. The highest BCUT2D eigenvalue weighted by molar-refractivity contribution is 6.11. The van der Waals surface area contributed by atoms with Crippen molar-refractivity contribution >= 4 is 11.6 Å². The molecular weight excluding hydrogens is 380 g/mol. The van der Waals surface area contributed by atoms with Crippen molar-refractivity contribution in [3.05, 3.63) is 71.4 Å². The molecule has 29 heavy (non-hydrogen) atoms. The largest absolute Gasteiger partial charge is 0.493 e. The minimum atomic E-state index is -0.829. The zero-order valence-electron chi connectivity index (χ0n) is 15.5. The number of hydrogen-bond acceptors (Lipinski definition) is 5. The van der Waals surface area contributed by atoms with E-state index < -0.39 is 11.6 Å². The van der Waals surface area contributed by atoms with Gasteiger partial charge in [0.15, 0.2) is 11.6 Å². The van der Waals surface area contributed by atoms with Crippen LogP contribution in [0.5, 0.6) is 5.75 Å². The minimum absolute atomic E-state index is 0.0325. The van der Waals surface area contributed by atoms with Crippen molar-refractivity contribution in [2.75, 3.05) is 25.6 Å². The molecule has 1 atom stereocenters. The minimum Gasteiger partial charge on any atom is -0.493 e. The number of hydrogen-bond donors (Lipinski definition) is 1. The van der Waals surface area contributed by atoms with E-state index in [0.717, 1.165) is 29.8 Å². The third-order valence-corrected chi connectivity index (χ3v) is 4.79. The van der Waals surface area contributed by atoms with Crippen LogP contribution < -0.4 is 10.5 Å². The Morgan fingerprint density at radius 2 is 2.14 bits per heavy atom. The molecule has 0 radical (unpaired) electrons. The van der Waals surface area contributed by atoms with Gasteiger partial charge in [-0.3, -0.25) is 4.79 Å². The van der Waals surface area contributed by atoms with Crippen molar-refractivity contribution in [1.82, 2.24) is 9.78 Å². The van der Waals surface area contributed by atoms with Crippen molar-refractivity contribution < 1.29 is 23.0 Å². The summed E-state index contributed by atoms with van der Waals surface area (Å²) in [5.74, 6) is -1.03. The smallest absolute Gasteiger partial charge is 0.198 e. The van der Waals surface area contributed by atoms with Crippen LogP contribution in [0.2, 0.25) is 0 Å². The molecular formula is C21H19F2N3O3. The van der Waals surface area contributed by atoms with Crippen LogP contribution in [-0.4, -0.2) is 35.4 Å². The fourth-order valence-corrected chi connectivity index (χ4v) is 3.19. The first-order valence-electron chi connectivity index (χ1n) is 9.17. The summed E-state index contributed by atoms with van der Waals surface area (Å²) in [6, 6.07) is 9.80. The molecule has 150 valence electrons. The second-order valence-electron chi connectivity index (χ2n) is 6.85. The first kappa shape index (κ1) is 19.1. The molecule has 1 aliphatic rings. The van der Waals surface area contributed by atoms with Crippen LogP contribution in [0.1, 0.15) is 22.3 Å². The lowest BCUT2D eigenvalue weighted by Crippen LogP contribution is -2.12. The molecule has 1 fully saturated rings. The van der Waals surface area contributed by atoms with E-state index >= 15 is 0 Å². The molecule has 8 heteroatoms. The highest BCUT2D eigenvalue weighted by atomic mass is 19.1. The van der Waals surface area contributed by atoms with E-state index in [1.807, 2.05) is 0 Å². The molecule has 1 saturated heterocycles. The second kappa shape index (κ2) is 8.00. The predicted molar refractivity (Wildman–Crippen MR) is 102 cm³/mol. The van der Waals surface area contributed by atoms with E-state index in [4.69, 9.17) is 15.2 Å². The lowest BCUT2D eigenvalue weighted by molar-refractivity contribution is 0.103. The molecule has 0 amide bonds. The third-order valence-electron chi connectivity index (χ3n) is 4.79. The lowest BCUT2D eigenvalue weighted by Gasteiger charge is -2.11. The Kier molecular flexibility index (Phi) is 5.26. The van der Waals surface area contributed by atoms with Gasteiger partial charge >= 0.3 is 0 Å². The summed E-state index contributed by atoms with van der Waals surface area (Å²) in [7, 11) is 0. The Morgan fingerprint density at radius 1 is 1.28 bits per heavy atom. The molecule has 0 spiro atoms. The summed E-state index contributed by atoms with van der Waals surface area (Å²) in [6.07, 6.45) is 2.22. The maximum Gasteiger partial charge on any atom is 0.198 e. The average Bonchev–Trinajstić information content (AvgIpc) is 3.36.